The highest BCUT2D eigenvalue weighted by molar-refractivity contribution is 6.05. The molecule has 2 aliphatic rings. The van der Waals surface area contributed by atoms with Gasteiger partial charge in [0.25, 0.3) is 5.91 Å². The predicted octanol–water partition coefficient (Wildman–Crippen LogP) is 2.64. The third-order valence-electron chi connectivity index (χ3n) is 4.17. The van der Waals surface area contributed by atoms with Gasteiger partial charge < -0.3 is 10.2 Å². The first-order chi connectivity index (χ1) is 10.8. The van der Waals surface area contributed by atoms with E-state index in [0.29, 0.717) is 11.7 Å². The van der Waals surface area contributed by atoms with Crippen LogP contribution in [0.3, 0.4) is 0 Å². The van der Waals surface area contributed by atoms with E-state index in [1.165, 1.54) is 24.7 Å². The second kappa shape index (κ2) is 5.40. The molecule has 5 nitrogen and oxygen atoms in total. The Hall–Kier alpha value is -2.43. The van der Waals surface area contributed by atoms with Gasteiger partial charge in [0.1, 0.15) is 17.8 Å². The van der Waals surface area contributed by atoms with Crippen LogP contribution in [0.5, 0.6) is 0 Å². The first-order valence-electron chi connectivity index (χ1n) is 7.79. The van der Waals surface area contributed by atoms with E-state index in [2.05, 4.69) is 21.4 Å². The van der Waals surface area contributed by atoms with Crippen LogP contribution in [0, 0.1) is 0 Å². The molecule has 5 heteroatoms. The van der Waals surface area contributed by atoms with E-state index in [1.54, 1.807) is 6.07 Å². The molecule has 2 aromatic rings. The summed E-state index contributed by atoms with van der Waals surface area (Å²) in [6.07, 6.45) is 5.83. The summed E-state index contributed by atoms with van der Waals surface area (Å²) in [6, 6.07) is 10.4. The van der Waals surface area contributed by atoms with Crippen LogP contribution >= 0.6 is 0 Å². The zero-order valence-electron chi connectivity index (χ0n) is 12.3. The number of carbonyl (C=O) groups excluding carboxylic acids is 1. The Morgan fingerprint density at radius 2 is 2.09 bits per heavy atom. The summed E-state index contributed by atoms with van der Waals surface area (Å²) in [5.74, 6) is 0.694. The number of hydrogen-bond acceptors (Lipinski definition) is 4. The molecule has 0 saturated heterocycles. The summed E-state index contributed by atoms with van der Waals surface area (Å²) in [5, 5.41) is 3.31. The quantitative estimate of drug-likeness (QED) is 0.945. The lowest BCUT2D eigenvalue weighted by molar-refractivity contribution is 0.0980. The number of hydrogen-bond donors (Lipinski definition) is 1. The molecule has 0 radical (unpaired) electrons. The van der Waals surface area contributed by atoms with E-state index in [4.69, 9.17) is 0 Å². The Balaban J connectivity index is 1.62. The number of anilines is 2. The summed E-state index contributed by atoms with van der Waals surface area (Å²) in [4.78, 5) is 23.0. The SMILES string of the molecule is O=C(c1cc(NC2CC2)ncn1)N1CCCc2ccccc21. The smallest absolute Gasteiger partial charge is 0.277 e. The van der Waals surface area contributed by atoms with Crippen molar-refractivity contribution in [2.75, 3.05) is 16.8 Å². The molecule has 4 rings (SSSR count). The molecule has 1 aliphatic heterocycles. The Bertz CT molecular complexity index is 711. The summed E-state index contributed by atoms with van der Waals surface area (Å²) in [5.41, 5.74) is 2.69. The molecule has 0 unspecified atom stereocenters. The van der Waals surface area contributed by atoms with Crippen molar-refractivity contribution in [2.24, 2.45) is 0 Å². The topological polar surface area (TPSA) is 58.1 Å². The minimum atomic E-state index is -0.0478. The third kappa shape index (κ3) is 2.54. The number of aromatic nitrogens is 2. The van der Waals surface area contributed by atoms with Gasteiger partial charge >= 0.3 is 0 Å². The maximum atomic E-state index is 12.8. The second-order valence-electron chi connectivity index (χ2n) is 5.90. The van der Waals surface area contributed by atoms with Gasteiger partial charge in [0.05, 0.1) is 0 Å². The lowest BCUT2D eigenvalue weighted by Crippen LogP contribution is -2.36. The standard InChI is InChI=1S/C17H18N4O/c22-17(14-10-16(19-11-18-14)20-13-7-8-13)21-9-3-5-12-4-1-2-6-15(12)21/h1-2,4,6,10-11,13H,3,5,7-9H2,(H,18,19,20). The fraction of sp³-hybridized carbons (Fsp3) is 0.353. The van der Waals surface area contributed by atoms with Crippen LogP contribution < -0.4 is 10.2 Å². The van der Waals surface area contributed by atoms with Gasteiger partial charge in [-0.1, -0.05) is 18.2 Å². The highest BCUT2D eigenvalue weighted by Crippen LogP contribution is 2.28. The lowest BCUT2D eigenvalue weighted by atomic mass is 10.0. The van der Waals surface area contributed by atoms with Crippen molar-refractivity contribution in [1.29, 1.82) is 0 Å². The number of nitrogens with one attached hydrogen (secondary N) is 1. The molecule has 112 valence electrons. The van der Waals surface area contributed by atoms with Crippen LogP contribution in [0.25, 0.3) is 0 Å². The minimum absolute atomic E-state index is 0.0478. The zero-order valence-corrected chi connectivity index (χ0v) is 12.3. The van der Waals surface area contributed by atoms with Gasteiger partial charge in [0, 0.05) is 24.3 Å². The summed E-state index contributed by atoms with van der Waals surface area (Å²) in [7, 11) is 0. The number of para-hydroxylation sites is 1. The molecule has 0 spiro atoms. The molecule has 1 amide bonds. The molecule has 0 bridgehead atoms. The van der Waals surface area contributed by atoms with E-state index in [9.17, 15) is 4.79 Å². The molecule has 1 N–H and O–H groups in total. The van der Waals surface area contributed by atoms with Crippen molar-refractivity contribution in [3.8, 4) is 0 Å². The summed E-state index contributed by atoms with van der Waals surface area (Å²) in [6.45, 7) is 0.741. The van der Waals surface area contributed by atoms with Gasteiger partial charge in [-0.25, -0.2) is 9.97 Å². The number of rotatable bonds is 3. The van der Waals surface area contributed by atoms with Crippen molar-refractivity contribution in [1.82, 2.24) is 9.97 Å². The maximum absolute atomic E-state index is 12.8. The molecule has 22 heavy (non-hydrogen) atoms. The predicted molar refractivity (Wildman–Crippen MR) is 85.1 cm³/mol. The lowest BCUT2D eigenvalue weighted by Gasteiger charge is -2.29. The van der Waals surface area contributed by atoms with Gasteiger partial charge in [0.15, 0.2) is 0 Å². The first kappa shape index (κ1) is 13.2. The van der Waals surface area contributed by atoms with Gasteiger partial charge in [-0.05, 0) is 37.3 Å². The second-order valence-corrected chi connectivity index (χ2v) is 5.90. The number of benzene rings is 1. The molecule has 1 aromatic heterocycles. The van der Waals surface area contributed by atoms with Crippen molar-refractivity contribution in [2.45, 2.75) is 31.7 Å². The van der Waals surface area contributed by atoms with Gasteiger partial charge in [-0.2, -0.15) is 0 Å². The van der Waals surface area contributed by atoms with E-state index >= 15 is 0 Å². The number of nitrogens with zero attached hydrogens (tertiary/aromatic N) is 3. The molecular formula is C17H18N4O. The van der Waals surface area contributed by atoms with Crippen LogP contribution in [-0.4, -0.2) is 28.5 Å². The van der Waals surface area contributed by atoms with Crippen LogP contribution in [0.15, 0.2) is 36.7 Å². The fourth-order valence-corrected chi connectivity index (χ4v) is 2.87. The zero-order chi connectivity index (χ0) is 14.9. The number of aryl methyl sites for hydroxylation is 1. The summed E-state index contributed by atoms with van der Waals surface area (Å²) >= 11 is 0. The number of amides is 1. The molecular weight excluding hydrogens is 276 g/mol. The van der Waals surface area contributed by atoms with E-state index < -0.39 is 0 Å². The van der Waals surface area contributed by atoms with E-state index in [0.717, 1.165) is 30.9 Å². The van der Waals surface area contributed by atoms with Crippen LogP contribution in [0.1, 0.15) is 35.3 Å². The van der Waals surface area contributed by atoms with Crippen molar-refractivity contribution in [3.05, 3.63) is 47.9 Å². The van der Waals surface area contributed by atoms with E-state index in [-0.39, 0.29) is 5.91 Å². The minimum Gasteiger partial charge on any atom is -0.367 e. The average molecular weight is 294 g/mol. The fourth-order valence-electron chi connectivity index (χ4n) is 2.87. The Morgan fingerprint density at radius 3 is 2.95 bits per heavy atom. The molecule has 0 atom stereocenters. The Kier molecular flexibility index (Phi) is 3.25. The molecule has 1 saturated carbocycles. The van der Waals surface area contributed by atoms with Crippen molar-refractivity contribution in [3.63, 3.8) is 0 Å². The van der Waals surface area contributed by atoms with Crippen molar-refractivity contribution < 1.29 is 4.79 Å². The van der Waals surface area contributed by atoms with Crippen LogP contribution in [-0.2, 0) is 6.42 Å². The third-order valence-corrected chi connectivity index (χ3v) is 4.17. The largest absolute Gasteiger partial charge is 0.367 e. The first-order valence-corrected chi connectivity index (χ1v) is 7.79. The molecule has 2 heterocycles. The van der Waals surface area contributed by atoms with Crippen LogP contribution in [0.4, 0.5) is 11.5 Å². The Labute approximate surface area is 129 Å². The van der Waals surface area contributed by atoms with E-state index in [1.807, 2.05) is 23.1 Å². The highest BCUT2D eigenvalue weighted by Gasteiger charge is 2.25. The van der Waals surface area contributed by atoms with Crippen molar-refractivity contribution >= 4 is 17.4 Å². The van der Waals surface area contributed by atoms with Crippen LogP contribution in [0.2, 0.25) is 0 Å². The molecule has 1 aliphatic carbocycles. The molecule has 1 fully saturated rings. The number of fused-ring (bicyclic) bond motifs is 1. The Morgan fingerprint density at radius 1 is 1.23 bits per heavy atom. The van der Waals surface area contributed by atoms with Gasteiger partial charge in [-0.3, -0.25) is 4.79 Å². The van der Waals surface area contributed by atoms with Gasteiger partial charge in [-0.15, -0.1) is 0 Å². The maximum Gasteiger partial charge on any atom is 0.277 e. The normalized spacial score (nSPS) is 17.0. The monoisotopic (exact) mass is 294 g/mol. The van der Waals surface area contributed by atoms with Gasteiger partial charge in [0.2, 0.25) is 0 Å². The average Bonchev–Trinajstić information content (AvgIpc) is 3.38. The summed E-state index contributed by atoms with van der Waals surface area (Å²) < 4.78 is 0. The molecule has 1 aromatic carbocycles. The highest BCUT2D eigenvalue weighted by atomic mass is 16.2. The number of carbonyl (C=O) groups is 1.